The molecule has 0 unspecified atom stereocenters. The predicted octanol–water partition coefficient (Wildman–Crippen LogP) is 3.01. The van der Waals surface area contributed by atoms with Crippen LogP contribution in [0.1, 0.15) is 38.7 Å². The van der Waals surface area contributed by atoms with Gasteiger partial charge in [0.1, 0.15) is 11.6 Å². The van der Waals surface area contributed by atoms with Crippen LogP contribution in [0.4, 0.5) is 5.69 Å². The number of nitrogens with zero attached hydrogens (tertiary/aromatic N) is 2. The second-order valence-electron chi connectivity index (χ2n) is 12.5. The largest absolute Gasteiger partial charge is 0.379 e. The minimum Gasteiger partial charge on any atom is -0.379 e. The SMILES string of the molecule is Cc1ccc(NC(=O)[C@H]2[C@H]3C=C[C@@]4(O3)[C@H]2C(=O)N(CCN2CCOCC2)[C@@H]4C(=O)N[C@@H]2CCC[C@H](C)[C@@H]2C)cc1Cl. The summed E-state index contributed by atoms with van der Waals surface area (Å²) >= 11 is 6.30. The Morgan fingerprint density at radius 2 is 1.90 bits per heavy atom. The van der Waals surface area contributed by atoms with Crippen molar-refractivity contribution in [2.45, 2.75) is 63.8 Å². The van der Waals surface area contributed by atoms with Crippen LogP contribution in [0.15, 0.2) is 30.4 Å². The van der Waals surface area contributed by atoms with Crippen molar-refractivity contribution in [3.63, 3.8) is 0 Å². The molecule has 0 aromatic heterocycles. The maximum atomic E-state index is 14.2. The summed E-state index contributed by atoms with van der Waals surface area (Å²) in [5, 5.41) is 6.83. The lowest BCUT2D eigenvalue weighted by Gasteiger charge is -2.38. The predicted molar refractivity (Wildman–Crippen MR) is 155 cm³/mol. The average Bonchev–Trinajstić information content (AvgIpc) is 3.60. The average molecular weight is 585 g/mol. The highest BCUT2D eigenvalue weighted by Crippen LogP contribution is 2.55. The first-order chi connectivity index (χ1) is 19.7. The lowest BCUT2D eigenvalue weighted by molar-refractivity contribution is -0.142. The summed E-state index contributed by atoms with van der Waals surface area (Å²) in [5.41, 5.74) is 0.302. The van der Waals surface area contributed by atoms with Crippen LogP contribution in [-0.4, -0.2) is 90.7 Å². The fourth-order valence-corrected chi connectivity index (χ4v) is 7.71. The fraction of sp³-hybridized carbons (Fsp3) is 0.645. The highest BCUT2D eigenvalue weighted by Gasteiger charge is 2.72. The normalized spacial score (nSPS) is 36.4. The molecule has 1 spiro atoms. The van der Waals surface area contributed by atoms with Crippen molar-refractivity contribution in [3.8, 4) is 0 Å². The van der Waals surface area contributed by atoms with E-state index in [1.165, 1.54) is 0 Å². The van der Waals surface area contributed by atoms with Crippen LogP contribution in [0.5, 0.6) is 0 Å². The quantitative estimate of drug-likeness (QED) is 0.478. The summed E-state index contributed by atoms with van der Waals surface area (Å²) in [7, 11) is 0. The maximum Gasteiger partial charge on any atom is 0.246 e. The minimum atomic E-state index is -1.17. The summed E-state index contributed by atoms with van der Waals surface area (Å²) in [6.45, 7) is 10.2. The number of fused-ring (bicyclic) bond motifs is 1. The Morgan fingerprint density at radius 1 is 1.12 bits per heavy atom. The topological polar surface area (TPSA) is 100 Å². The van der Waals surface area contributed by atoms with Gasteiger partial charge in [0.05, 0.1) is 31.2 Å². The second kappa shape index (κ2) is 11.3. The molecular formula is C31H41ClN4O5. The van der Waals surface area contributed by atoms with Gasteiger partial charge in [-0.1, -0.05) is 56.5 Å². The Hall–Kier alpha value is -2.46. The second-order valence-corrected chi connectivity index (χ2v) is 12.9. The number of morpholine rings is 1. The molecule has 1 aromatic carbocycles. The number of likely N-dealkylation sites (tertiary alicyclic amines) is 1. The van der Waals surface area contributed by atoms with Crippen LogP contribution < -0.4 is 10.6 Å². The third-order valence-electron chi connectivity index (χ3n) is 10.2. The van der Waals surface area contributed by atoms with E-state index in [0.717, 1.165) is 37.9 Å². The van der Waals surface area contributed by atoms with E-state index < -0.39 is 29.6 Å². The number of rotatable bonds is 7. The third kappa shape index (κ3) is 5.09. The summed E-state index contributed by atoms with van der Waals surface area (Å²) in [4.78, 5) is 46.0. The smallest absolute Gasteiger partial charge is 0.246 e. The first-order valence-corrected chi connectivity index (χ1v) is 15.4. The van der Waals surface area contributed by atoms with Crippen molar-refractivity contribution in [2.24, 2.45) is 23.7 Å². The van der Waals surface area contributed by atoms with E-state index >= 15 is 0 Å². The third-order valence-corrected chi connectivity index (χ3v) is 10.6. The number of hydrogen-bond donors (Lipinski definition) is 2. The van der Waals surface area contributed by atoms with Gasteiger partial charge in [0, 0.05) is 42.9 Å². The molecule has 10 heteroatoms. The van der Waals surface area contributed by atoms with Gasteiger partial charge in [0.15, 0.2) is 0 Å². The first-order valence-electron chi connectivity index (χ1n) is 15.0. The van der Waals surface area contributed by atoms with Crippen LogP contribution >= 0.6 is 11.6 Å². The molecule has 1 saturated carbocycles. The van der Waals surface area contributed by atoms with Gasteiger partial charge >= 0.3 is 0 Å². The van der Waals surface area contributed by atoms with Crippen molar-refractivity contribution in [1.29, 1.82) is 0 Å². The molecule has 5 aliphatic rings. The Bertz CT molecular complexity index is 1230. The highest BCUT2D eigenvalue weighted by molar-refractivity contribution is 6.31. The summed E-state index contributed by atoms with van der Waals surface area (Å²) < 4.78 is 12.0. The number of benzene rings is 1. The van der Waals surface area contributed by atoms with Crippen molar-refractivity contribution in [3.05, 3.63) is 40.9 Å². The lowest BCUT2D eigenvalue weighted by Crippen LogP contribution is -2.58. The molecule has 4 fully saturated rings. The minimum absolute atomic E-state index is 0.0471. The van der Waals surface area contributed by atoms with Crippen molar-refractivity contribution >= 4 is 35.0 Å². The number of anilines is 1. The zero-order valence-electron chi connectivity index (χ0n) is 24.1. The van der Waals surface area contributed by atoms with Gasteiger partial charge in [-0.15, -0.1) is 0 Å². The molecule has 9 nitrogen and oxygen atoms in total. The lowest BCUT2D eigenvalue weighted by atomic mass is 9.73. The van der Waals surface area contributed by atoms with E-state index in [4.69, 9.17) is 21.1 Å². The number of hydrogen-bond acceptors (Lipinski definition) is 6. The number of carbonyl (C=O) groups excluding carboxylic acids is 3. The first kappa shape index (κ1) is 28.6. The number of ether oxygens (including phenoxy) is 2. The molecule has 0 radical (unpaired) electrons. The standard InChI is InChI=1S/C31H41ClN4O5/c1-18-5-4-6-23(20(18)3)34-29(38)27-31-10-9-24(41-31)25(28(37)33-21-8-7-19(2)22(32)17-21)26(31)30(39)36(27)12-11-35-13-15-40-16-14-35/h7-10,17-18,20,23-27H,4-6,11-16H2,1-3H3,(H,33,37)(H,34,38)/t18-,20-,23+,24+,25-,26+,27+,31+/m0/s1. The van der Waals surface area contributed by atoms with Crippen LogP contribution in [0.2, 0.25) is 5.02 Å². The number of carbonyl (C=O) groups is 3. The molecule has 4 aliphatic heterocycles. The van der Waals surface area contributed by atoms with E-state index in [9.17, 15) is 14.4 Å². The van der Waals surface area contributed by atoms with E-state index in [1.807, 2.05) is 25.1 Å². The number of halogens is 1. The summed E-state index contributed by atoms with van der Waals surface area (Å²) in [6.07, 6.45) is 6.30. The molecule has 3 saturated heterocycles. The molecule has 222 valence electrons. The summed E-state index contributed by atoms with van der Waals surface area (Å²) in [5.74, 6) is -1.35. The molecule has 2 bridgehead atoms. The van der Waals surface area contributed by atoms with Crippen LogP contribution in [0.25, 0.3) is 0 Å². The van der Waals surface area contributed by atoms with Gasteiger partial charge in [-0.05, 0) is 42.9 Å². The molecular weight excluding hydrogens is 544 g/mol. The summed E-state index contributed by atoms with van der Waals surface area (Å²) in [6, 6.07) is 4.57. The molecule has 1 aromatic rings. The van der Waals surface area contributed by atoms with Crippen LogP contribution in [-0.2, 0) is 23.9 Å². The van der Waals surface area contributed by atoms with E-state index in [2.05, 4.69) is 29.4 Å². The van der Waals surface area contributed by atoms with Gasteiger partial charge in [-0.25, -0.2) is 0 Å². The van der Waals surface area contributed by atoms with Crippen LogP contribution in [0.3, 0.4) is 0 Å². The van der Waals surface area contributed by atoms with Crippen molar-refractivity contribution in [2.75, 3.05) is 44.7 Å². The van der Waals surface area contributed by atoms with Crippen molar-refractivity contribution < 1.29 is 23.9 Å². The van der Waals surface area contributed by atoms with E-state index in [0.29, 0.717) is 48.8 Å². The maximum absolute atomic E-state index is 14.2. The molecule has 41 heavy (non-hydrogen) atoms. The zero-order valence-corrected chi connectivity index (χ0v) is 24.9. The van der Waals surface area contributed by atoms with E-state index in [1.54, 1.807) is 17.0 Å². The van der Waals surface area contributed by atoms with Gasteiger partial charge < -0.3 is 25.0 Å². The molecule has 2 N–H and O–H groups in total. The fourth-order valence-electron chi connectivity index (χ4n) is 7.53. The Morgan fingerprint density at radius 3 is 2.66 bits per heavy atom. The molecule has 4 heterocycles. The van der Waals surface area contributed by atoms with E-state index in [-0.39, 0.29) is 23.8 Å². The number of amides is 3. The Labute approximate surface area is 246 Å². The molecule has 8 atom stereocenters. The molecule has 6 rings (SSSR count). The number of aryl methyl sites for hydroxylation is 1. The zero-order chi connectivity index (χ0) is 28.9. The van der Waals surface area contributed by atoms with Crippen molar-refractivity contribution in [1.82, 2.24) is 15.1 Å². The Balaban J connectivity index is 1.27. The number of nitrogens with one attached hydrogen (secondary N) is 2. The van der Waals surface area contributed by atoms with Gasteiger partial charge in [-0.2, -0.15) is 0 Å². The molecule has 3 amide bonds. The van der Waals surface area contributed by atoms with Gasteiger partial charge in [0.2, 0.25) is 17.7 Å². The molecule has 1 aliphatic carbocycles. The van der Waals surface area contributed by atoms with Gasteiger partial charge in [-0.3, -0.25) is 19.3 Å². The highest BCUT2D eigenvalue weighted by atomic mass is 35.5. The van der Waals surface area contributed by atoms with Crippen LogP contribution in [0, 0.1) is 30.6 Å². The monoisotopic (exact) mass is 584 g/mol. The van der Waals surface area contributed by atoms with Gasteiger partial charge in [0.25, 0.3) is 0 Å². The Kier molecular flexibility index (Phi) is 7.91.